The second-order valence-electron chi connectivity index (χ2n) is 9.92. The van der Waals surface area contributed by atoms with Crippen molar-refractivity contribution in [2.45, 2.75) is 56.9 Å². The van der Waals surface area contributed by atoms with Gasteiger partial charge in [0.2, 0.25) is 5.91 Å². The number of ketones is 1. The summed E-state index contributed by atoms with van der Waals surface area (Å²) in [7, 11) is 1.74. The molecule has 6 nitrogen and oxygen atoms in total. The Kier molecular flexibility index (Phi) is 6.45. The van der Waals surface area contributed by atoms with Crippen LogP contribution in [0.3, 0.4) is 0 Å². The fourth-order valence-corrected chi connectivity index (χ4v) is 6.42. The maximum Gasteiger partial charge on any atom is 0.235 e. The number of amides is 1. The first-order valence-corrected chi connectivity index (χ1v) is 12.6. The van der Waals surface area contributed by atoms with Gasteiger partial charge in [0.15, 0.2) is 5.78 Å². The average molecular weight is 462 g/mol. The highest BCUT2D eigenvalue weighted by Crippen LogP contribution is 2.50. The molecule has 1 fully saturated rings. The van der Waals surface area contributed by atoms with Gasteiger partial charge in [-0.3, -0.25) is 14.5 Å². The van der Waals surface area contributed by atoms with Crippen LogP contribution >= 0.6 is 0 Å². The van der Waals surface area contributed by atoms with E-state index in [2.05, 4.69) is 27.7 Å². The van der Waals surface area contributed by atoms with Crippen LogP contribution in [0, 0.1) is 0 Å². The molecule has 0 aromatic heterocycles. The van der Waals surface area contributed by atoms with Crippen molar-refractivity contribution < 1.29 is 14.3 Å². The van der Waals surface area contributed by atoms with E-state index in [9.17, 15) is 9.59 Å². The normalized spacial score (nSPS) is 23.9. The Labute approximate surface area is 202 Å². The maximum atomic E-state index is 13.2. The number of ether oxygens (including phenoxy) is 1. The number of benzene rings is 2. The summed E-state index contributed by atoms with van der Waals surface area (Å²) in [4.78, 5) is 28.0. The van der Waals surface area contributed by atoms with Crippen LogP contribution in [0.4, 0.5) is 5.69 Å². The summed E-state index contributed by atoms with van der Waals surface area (Å²) in [5, 5.41) is 6.67. The van der Waals surface area contributed by atoms with Crippen LogP contribution in [0.25, 0.3) is 0 Å². The lowest BCUT2D eigenvalue weighted by molar-refractivity contribution is -0.121. The van der Waals surface area contributed by atoms with Crippen LogP contribution in [0.15, 0.2) is 36.4 Å². The molecule has 2 atom stereocenters. The topological polar surface area (TPSA) is 70.7 Å². The van der Waals surface area contributed by atoms with Gasteiger partial charge in [0.1, 0.15) is 5.75 Å². The average Bonchev–Trinajstić information content (AvgIpc) is 3.15. The highest BCUT2D eigenvalue weighted by Gasteiger charge is 2.49. The van der Waals surface area contributed by atoms with Crippen molar-refractivity contribution in [2.24, 2.45) is 0 Å². The van der Waals surface area contributed by atoms with Crippen LogP contribution in [-0.4, -0.2) is 49.9 Å². The van der Waals surface area contributed by atoms with Gasteiger partial charge in [0.25, 0.3) is 0 Å². The zero-order valence-corrected chi connectivity index (χ0v) is 20.3. The molecular formula is C28H35N3O3. The molecule has 0 saturated carbocycles. The van der Waals surface area contributed by atoms with E-state index in [0.29, 0.717) is 0 Å². The number of hydrogen-bond acceptors (Lipinski definition) is 5. The van der Waals surface area contributed by atoms with E-state index in [4.69, 9.17) is 4.74 Å². The maximum absolute atomic E-state index is 13.2. The van der Waals surface area contributed by atoms with Gasteiger partial charge in [-0.25, -0.2) is 0 Å². The third kappa shape index (κ3) is 3.93. The number of carbonyl (C=O) groups excluding carboxylic acids is 2. The number of piperazine rings is 1. The van der Waals surface area contributed by atoms with Crippen molar-refractivity contribution >= 4 is 17.4 Å². The minimum atomic E-state index is -0.472. The van der Waals surface area contributed by atoms with E-state index >= 15 is 0 Å². The lowest BCUT2D eigenvalue weighted by Crippen LogP contribution is -2.46. The number of rotatable bonds is 8. The number of nitrogens with zero attached hydrogens (tertiary/aromatic N) is 1. The molecule has 2 unspecified atom stereocenters. The molecule has 5 rings (SSSR count). The summed E-state index contributed by atoms with van der Waals surface area (Å²) in [5.41, 5.74) is 4.69. The Hall–Kier alpha value is -2.70. The Balaban J connectivity index is 1.30. The van der Waals surface area contributed by atoms with Crippen molar-refractivity contribution in [3.63, 3.8) is 0 Å². The lowest BCUT2D eigenvalue weighted by atomic mass is 9.67. The molecule has 2 N–H and O–H groups in total. The third-order valence-electron chi connectivity index (χ3n) is 8.03. The molecule has 3 aliphatic rings. The summed E-state index contributed by atoms with van der Waals surface area (Å²) in [6, 6.07) is 12.4. The van der Waals surface area contributed by atoms with Crippen LogP contribution in [-0.2, 0) is 16.6 Å². The van der Waals surface area contributed by atoms with E-state index in [0.717, 1.165) is 92.8 Å². The van der Waals surface area contributed by atoms with E-state index in [-0.39, 0.29) is 17.7 Å². The largest absolute Gasteiger partial charge is 0.496 e. The Bertz CT molecular complexity index is 1100. The van der Waals surface area contributed by atoms with Crippen molar-refractivity contribution in [2.75, 3.05) is 38.6 Å². The molecule has 2 aliphatic heterocycles. The van der Waals surface area contributed by atoms with E-state index in [1.165, 1.54) is 5.56 Å². The Morgan fingerprint density at radius 1 is 1.21 bits per heavy atom. The molecule has 2 aromatic rings. The summed E-state index contributed by atoms with van der Waals surface area (Å²) in [6.45, 7) is 5.53. The molecular weight excluding hydrogens is 426 g/mol. The van der Waals surface area contributed by atoms with Gasteiger partial charge >= 0.3 is 0 Å². The number of unbranched alkanes of at least 4 members (excludes halogenated alkanes) is 1. The molecule has 6 heteroatoms. The number of Topliss-reactive ketones (excluding diaryl/α,β-unsaturated/α-hetero) is 1. The standard InChI is InChI=1S/C28H35N3O3/c1-19(32)20-11-12-23-26-21(20)9-7-14-28(26,27(33)30-23)13-5-6-16-31-17-15-29-18-24(31)22-8-3-4-10-25(22)34-2/h3-4,8,10-12,24,29H,5-7,9,13-18H2,1-2H3,(H,30,33). The molecule has 0 radical (unpaired) electrons. The first-order chi connectivity index (χ1) is 16.5. The highest BCUT2D eigenvalue weighted by atomic mass is 16.5. The molecule has 0 bridgehead atoms. The van der Waals surface area contributed by atoms with Gasteiger partial charge < -0.3 is 15.4 Å². The van der Waals surface area contributed by atoms with Gasteiger partial charge in [0, 0.05) is 36.4 Å². The fourth-order valence-electron chi connectivity index (χ4n) is 6.42. The van der Waals surface area contributed by atoms with Crippen LogP contribution in [0.2, 0.25) is 0 Å². The Morgan fingerprint density at radius 3 is 2.88 bits per heavy atom. The summed E-state index contributed by atoms with van der Waals surface area (Å²) >= 11 is 0. The zero-order valence-electron chi connectivity index (χ0n) is 20.3. The van der Waals surface area contributed by atoms with Crippen LogP contribution in [0.1, 0.15) is 72.1 Å². The minimum Gasteiger partial charge on any atom is -0.496 e. The predicted molar refractivity (Wildman–Crippen MR) is 134 cm³/mol. The molecule has 0 spiro atoms. The number of nitrogens with one attached hydrogen (secondary N) is 2. The highest BCUT2D eigenvalue weighted by molar-refractivity contribution is 6.09. The second kappa shape index (κ2) is 9.51. The van der Waals surface area contributed by atoms with E-state index in [1.54, 1.807) is 14.0 Å². The molecule has 34 heavy (non-hydrogen) atoms. The van der Waals surface area contributed by atoms with Crippen molar-refractivity contribution in [1.82, 2.24) is 10.2 Å². The van der Waals surface area contributed by atoms with Crippen molar-refractivity contribution in [3.05, 3.63) is 58.7 Å². The van der Waals surface area contributed by atoms with Gasteiger partial charge in [-0.15, -0.1) is 0 Å². The molecule has 2 aromatic carbocycles. The van der Waals surface area contributed by atoms with E-state index < -0.39 is 5.41 Å². The zero-order chi connectivity index (χ0) is 23.7. The van der Waals surface area contributed by atoms with Gasteiger partial charge in [-0.05, 0) is 74.9 Å². The molecule has 180 valence electrons. The third-order valence-corrected chi connectivity index (χ3v) is 8.03. The van der Waals surface area contributed by atoms with Crippen molar-refractivity contribution in [1.29, 1.82) is 0 Å². The molecule has 2 heterocycles. The first kappa shape index (κ1) is 23.1. The number of hydrogen-bond donors (Lipinski definition) is 2. The first-order valence-electron chi connectivity index (χ1n) is 12.6. The second-order valence-corrected chi connectivity index (χ2v) is 9.92. The van der Waals surface area contributed by atoms with Gasteiger partial charge in [-0.2, -0.15) is 0 Å². The molecule has 1 aliphatic carbocycles. The van der Waals surface area contributed by atoms with Crippen LogP contribution in [0.5, 0.6) is 5.75 Å². The van der Waals surface area contributed by atoms with E-state index in [1.807, 2.05) is 24.3 Å². The summed E-state index contributed by atoms with van der Waals surface area (Å²) in [6.07, 6.45) is 5.58. The smallest absolute Gasteiger partial charge is 0.235 e. The Morgan fingerprint density at radius 2 is 2.06 bits per heavy atom. The predicted octanol–water partition coefficient (Wildman–Crippen LogP) is 4.24. The van der Waals surface area contributed by atoms with Crippen LogP contribution < -0.4 is 15.4 Å². The summed E-state index contributed by atoms with van der Waals surface area (Å²) < 4.78 is 5.63. The van der Waals surface area contributed by atoms with Gasteiger partial charge in [-0.1, -0.05) is 24.6 Å². The fraction of sp³-hybridized carbons (Fsp3) is 0.500. The molecule has 1 saturated heterocycles. The van der Waals surface area contributed by atoms with Gasteiger partial charge in [0.05, 0.1) is 18.6 Å². The molecule has 1 amide bonds. The monoisotopic (exact) mass is 461 g/mol. The number of anilines is 1. The number of methoxy groups -OCH3 is 1. The minimum absolute atomic E-state index is 0.0917. The summed E-state index contributed by atoms with van der Waals surface area (Å²) in [5.74, 6) is 1.16. The quantitative estimate of drug-likeness (QED) is 0.455. The number of carbonyl (C=O) groups is 2. The lowest BCUT2D eigenvalue weighted by Gasteiger charge is -2.37. The SMILES string of the molecule is COc1ccccc1C1CNCCN1CCCCC12CCCc3c(C(C)=O)ccc(c31)NC2=O. The van der Waals surface area contributed by atoms with Crippen molar-refractivity contribution in [3.8, 4) is 5.75 Å². The number of para-hydroxylation sites is 1.